The summed E-state index contributed by atoms with van der Waals surface area (Å²) in [6.07, 6.45) is 0. The number of imidazole rings is 1. The number of rotatable bonds is 1. The van der Waals surface area contributed by atoms with E-state index in [1.807, 2.05) is 6.07 Å². The van der Waals surface area contributed by atoms with E-state index in [9.17, 15) is 4.39 Å². The molecule has 0 amide bonds. The fourth-order valence-corrected chi connectivity index (χ4v) is 2.28. The van der Waals surface area contributed by atoms with Gasteiger partial charge in [0.1, 0.15) is 5.82 Å². The number of halogens is 2. The van der Waals surface area contributed by atoms with Crippen molar-refractivity contribution in [3.63, 3.8) is 0 Å². The first kappa shape index (κ1) is 12.5. The second kappa shape index (κ2) is 4.51. The molecule has 98 valence electrons. The molecule has 0 spiro atoms. The molecule has 2 N–H and O–H groups in total. The molecule has 6 heteroatoms. The summed E-state index contributed by atoms with van der Waals surface area (Å²) in [6, 6.07) is 11.0. The third-order valence-corrected chi connectivity index (χ3v) is 3.28. The van der Waals surface area contributed by atoms with E-state index in [4.69, 9.17) is 22.6 Å². The van der Waals surface area contributed by atoms with E-state index in [0.717, 1.165) is 0 Å². The minimum absolute atomic E-state index is 0.183. The predicted octanol–water partition coefficient (Wildman–Crippen LogP) is 3.27. The highest BCUT2D eigenvalue weighted by molar-refractivity contribution is 6.32. The molecule has 0 aliphatic rings. The van der Waals surface area contributed by atoms with E-state index in [2.05, 4.69) is 4.98 Å². The smallest absolute Gasteiger partial charge is 0.205 e. The average Bonchev–Trinajstić information content (AvgIpc) is 2.76. The lowest BCUT2D eigenvalue weighted by Crippen LogP contribution is -2.02. The molecule has 0 fully saturated rings. The summed E-state index contributed by atoms with van der Waals surface area (Å²) < 4.78 is 15.0. The lowest BCUT2D eigenvalue weighted by molar-refractivity contribution is 0.627. The summed E-state index contributed by atoms with van der Waals surface area (Å²) in [5.74, 6) is -0.246. The molecule has 3 rings (SSSR count). The van der Waals surface area contributed by atoms with Crippen molar-refractivity contribution >= 4 is 28.6 Å². The van der Waals surface area contributed by atoms with Crippen molar-refractivity contribution in [3.8, 4) is 11.8 Å². The number of nitrogens with two attached hydrogens (primary N) is 1. The van der Waals surface area contributed by atoms with E-state index < -0.39 is 5.82 Å². The van der Waals surface area contributed by atoms with Crippen LogP contribution in [0.4, 0.5) is 10.3 Å². The van der Waals surface area contributed by atoms with Gasteiger partial charge < -0.3 is 5.73 Å². The average molecular weight is 287 g/mol. The standard InChI is InChI=1S/C14H8ClFN4/c15-10-3-2-9(16)6-12(10)20-13-5-8(7-17)1-4-11(13)19-14(20)18/h1-6H,(H2,18,19). The fourth-order valence-electron chi connectivity index (χ4n) is 2.07. The van der Waals surface area contributed by atoms with Gasteiger partial charge in [-0.1, -0.05) is 11.6 Å². The van der Waals surface area contributed by atoms with Crippen LogP contribution in [0.5, 0.6) is 0 Å². The summed E-state index contributed by atoms with van der Waals surface area (Å²) in [5, 5.41) is 9.31. The Morgan fingerprint density at radius 3 is 2.80 bits per heavy atom. The van der Waals surface area contributed by atoms with Gasteiger partial charge in [-0.15, -0.1) is 0 Å². The zero-order chi connectivity index (χ0) is 14.3. The lowest BCUT2D eigenvalue weighted by Gasteiger charge is -2.08. The van der Waals surface area contributed by atoms with E-state index in [-0.39, 0.29) is 5.95 Å². The molecule has 0 saturated carbocycles. The van der Waals surface area contributed by atoms with E-state index in [0.29, 0.717) is 27.3 Å². The van der Waals surface area contributed by atoms with Gasteiger partial charge in [0.25, 0.3) is 0 Å². The molecule has 0 bridgehead atoms. The van der Waals surface area contributed by atoms with Crippen molar-refractivity contribution in [2.45, 2.75) is 0 Å². The summed E-state index contributed by atoms with van der Waals surface area (Å²) in [4.78, 5) is 4.19. The summed E-state index contributed by atoms with van der Waals surface area (Å²) >= 11 is 6.10. The molecule has 0 aliphatic heterocycles. The van der Waals surface area contributed by atoms with Crippen molar-refractivity contribution in [3.05, 3.63) is 52.8 Å². The summed E-state index contributed by atoms with van der Waals surface area (Å²) in [6.45, 7) is 0. The fraction of sp³-hybridized carbons (Fsp3) is 0. The van der Waals surface area contributed by atoms with E-state index in [1.165, 1.54) is 22.8 Å². The van der Waals surface area contributed by atoms with Crippen LogP contribution in [-0.2, 0) is 0 Å². The second-order valence-electron chi connectivity index (χ2n) is 4.22. The minimum atomic E-state index is -0.429. The molecule has 1 aromatic heterocycles. The Hall–Kier alpha value is -2.58. The zero-order valence-electron chi connectivity index (χ0n) is 10.1. The first-order valence-corrected chi connectivity index (χ1v) is 6.11. The Morgan fingerprint density at radius 2 is 2.05 bits per heavy atom. The van der Waals surface area contributed by atoms with Crippen LogP contribution in [0.15, 0.2) is 36.4 Å². The van der Waals surface area contributed by atoms with Crippen LogP contribution < -0.4 is 5.73 Å². The number of anilines is 1. The molecule has 1 heterocycles. The van der Waals surface area contributed by atoms with Crippen LogP contribution in [0.3, 0.4) is 0 Å². The molecule has 2 aromatic carbocycles. The Labute approximate surface area is 118 Å². The molecule has 0 aliphatic carbocycles. The monoisotopic (exact) mass is 286 g/mol. The highest BCUT2D eigenvalue weighted by atomic mass is 35.5. The number of nitrogens with zero attached hydrogens (tertiary/aromatic N) is 3. The first-order valence-electron chi connectivity index (χ1n) is 5.73. The second-order valence-corrected chi connectivity index (χ2v) is 4.62. The molecule has 0 radical (unpaired) electrons. The molecule has 0 unspecified atom stereocenters. The number of nitrogen functional groups attached to an aromatic ring is 1. The summed E-state index contributed by atoms with van der Waals surface area (Å²) in [5.41, 5.74) is 7.96. The van der Waals surface area contributed by atoms with Crippen molar-refractivity contribution in [1.82, 2.24) is 9.55 Å². The number of fused-ring (bicyclic) bond motifs is 1. The number of hydrogen-bond donors (Lipinski definition) is 1. The van der Waals surface area contributed by atoms with Gasteiger partial charge in [-0.25, -0.2) is 9.37 Å². The Morgan fingerprint density at radius 1 is 1.25 bits per heavy atom. The SMILES string of the molecule is N#Cc1ccc2nc(N)n(-c3cc(F)ccc3Cl)c2c1. The maximum Gasteiger partial charge on any atom is 0.205 e. The third kappa shape index (κ3) is 1.87. The molecular weight excluding hydrogens is 279 g/mol. The van der Waals surface area contributed by atoms with Gasteiger partial charge in [-0.3, -0.25) is 4.57 Å². The van der Waals surface area contributed by atoms with Crippen molar-refractivity contribution in [2.24, 2.45) is 0 Å². The quantitative estimate of drug-likeness (QED) is 0.746. The third-order valence-electron chi connectivity index (χ3n) is 2.96. The zero-order valence-corrected chi connectivity index (χ0v) is 10.9. The summed E-state index contributed by atoms with van der Waals surface area (Å²) in [7, 11) is 0. The van der Waals surface area contributed by atoms with Crippen molar-refractivity contribution < 1.29 is 4.39 Å². The van der Waals surface area contributed by atoms with Crippen LogP contribution in [-0.4, -0.2) is 9.55 Å². The number of benzene rings is 2. The molecule has 4 nitrogen and oxygen atoms in total. The largest absolute Gasteiger partial charge is 0.369 e. The van der Waals surface area contributed by atoms with Gasteiger partial charge >= 0.3 is 0 Å². The molecular formula is C14H8ClFN4. The van der Waals surface area contributed by atoms with Gasteiger partial charge in [0.05, 0.1) is 33.4 Å². The topological polar surface area (TPSA) is 67.6 Å². The van der Waals surface area contributed by atoms with E-state index in [1.54, 1.807) is 18.2 Å². The molecule has 0 atom stereocenters. The van der Waals surface area contributed by atoms with Crippen molar-refractivity contribution in [2.75, 3.05) is 5.73 Å². The van der Waals surface area contributed by atoms with Gasteiger partial charge in [-0.2, -0.15) is 5.26 Å². The maximum absolute atomic E-state index is 13.4. The Balaban J connectivity index is 2.38. The molecule has 20 heavy (non-hydrogen) atoms. The van der Waals surface area contributed by atoms with Gasteiger partial charge in [0.2, 0.25) is 5.95 Å². The Kier molecular flexibility index (Phi) is 2.81. The van der Waals surface area contributed by atoms with Crippen molar-refractivity contribution in [1.29, 1.82) is 5.26 Å². The van der Waals surface area contributed by atoms with Crippen LogP contribution >= 0.6 is 11.6 Å². The molecule has 0 saturated heterocycles. The van der Waals surface area contributed by atoms with Gasteiger partial charge in [0, 0.05) is 0 Å². The van der Waals surface area contributed by atoms with E-state index >= 15 is 0 Å². The van der Waals surface area contributed by atoms with Crippen LogP contribution in [0.2, 0.25) is 5.02 Å². The number of nitriles is 1. The normalized spacial score (nSPS) is 10.7. The highest BCUT2D eigenvalue weighted by Crippen LogP contribution is 2.29. The Bertz CT molecular complexity index is 863. The maximum atomic E-state index is 13.4. The highest BCUT2D eigenvalue weighted by Gasteiger charge is 2.14. The van der Waals surface area contributed by atoms with Gasteiger partial charge in [0.15, 0.2) is 0 Å². The van der Waals surface area contributed by atoms with Gasteiger partial charge in [-0.05, 0) is 36.4 Å². The minimum Gasteiger partial charge on any atom is -0.369 e. The molecule has 3 aromatic rings. The van der Waals surface area contributed by atoms with Crippen LogP contribution in [0.25, 0.3) is 16.7 Å². The lowest BCUT2D eigenvalue weighted by atomic mass is 10.2. The first-order chi connectivity index (χ1) is 9.60. The van der Waals surface area contributed by atoms with Crippen LogP contribution in [0, 0.1) is 17.1 Å². The number of hydrogen-bond acceptors (Lipinski definition) is 3. The number of aromatic nitrogens is 2. The van der Waals surface area contributed by atoms with Crippen LogP contribution in [0.1, 0.15) is 5.56 Å². The predicted molar refractivity (Wildman–Crippen MR) is 75.2 cm³/mol.